The lowest BCUT2D eigenvalue weighted by Crippen LogP contribution is -2.30. The fraction of sp³-hybridized carbons (Fsp3) is 0.303. The molecule has 0 unspecified atom stereocenters. The van der Waals surface area contributed by atoms with Gasteiger partial charge in [-0.15, -0.1) is 0 Å². The average Bonchev–Trinajstić information content (AvgIpc) is 3.32. The SMILES string of the molecule is CNC(=O)Nc1ccc2c(c1)C(C)(C)C(/C=C/C=C/C=C/C=C1/N(CS(=O)(=O)O)c3ccc(NC(=O)NC)cc3C1(C)C)=[N+]2CS(=O)(=O)O. The van der Waals surface area contributed by atoms with Crippen LogP contribution in [0.1, 0.15) is 38.8 Å². The van der Waals surface area contributed by atoms with E-state index in [9.17, 15) is 35.5 Å². The number of carbonyl (C=O) groups excluding carboxylic acids is 2. The summed E-state index contributed by atoms with van der Waals surface area (Å²) in [4.78, 5) is 25.2. The van der Waals surface area contributed by atoms with E-state index in [4.69, 9.17) is 0 Å². The zero-order valence-corrected chi connectivity index (χ0v) is 29.6. The van der Waals surface area contributed by atoms with Crippen molar-refractivity contribution in [3.8, 4) is 0 Å². The molecular weight excluding hydrogens is 673 g/mol. The van der Waals surface area contributed by atoms with Crippen LogP contribution >= 0.6 is 0 Å². The fourth-order valence-corrected chi connectivity index (χ4v) is 7.19. The van der Waals surface area contributed by atoms with Crippen molar-refractivity contribution < 1.29 is 40.1 Å². The normalized spacial score (nSPS) is 17.6. The lowest BCUT2D eigenvalue weighted by molar-refractivity contribution is -0.415. The maximum atomic E-state index is 12.0. The summed E-state index contributed by atoms with van der Waals surface area (Å²) in [7, 11) is -5.80. The van der Waals surface area contributed by atoms with Crippen LogP contribution in [0.2, 0.25) is 0 Å². The first-order chi connectivity index (χ1) is 22.8. The van der Waals surface area contributed by atoms with E-state index in [1.807, 2.05) is 27.7 Å². The maximum absolute atomic E-state index is 12.0. The number of nitrogens with one attached hydrogen (secondary N) is 4. The second-order valence-corrected chi connectivity index (χ2v) is 15.3. The molecule has 49 heavy (non-hydrogen) atoms. The molecule has 0 spiro atoms. The van der Waals surface area contributed by atoms with Gasteiger partial charge in [-0.2, -0.15) is 21.4 Å². The zero-order valence-electron chi connectivity index (χ0n) is 28.0. The predicted molar refractivity (Wildman–Crippen MR) is 191 cm³/mol. The summed E-state index contributed by atoms with van der Waals surface area (Å²) in [5.74, 6) is -1.33. The summed E-state index contributed by atoms with van der Waals surface area (Å²) in [5, 5.41) is 10.4. The van der Waals surface area contributed by atoms with Crippen LogP contribution < -0.4 is 26.2 Å². The second-order valence-electron chi connectivity index (χ2n) is 12.5. The van der Waals surface area contributed by atoms with Crippen molar-refractivity contribution in [3.05, 3.63) is 95.8 Å². The molecule has 0 aromatic heterocycles. The average molecular weight is 714 g/mol. The van der Waals surface area contributed by atoms with E-state index >= 15 is 0 Å². The largest absolute Gasteiger partial charge is 0.341 e. The summed E-state index contributed by atoms with van der Waals surface area (Å²) in [6.45, 7) is 7.64. The molecular formula is C33H41N6O8S2+. The molecule has 0 radical (unpaired) electrons. The van der Waals surface area contributed by atoms with Crippen LogP contribution in [0.4, 0.5) is 32.3 Å². The van der Waals surface area contributed by atoms with Crippen molar-refractivity contribution >= 4 is 60.8 Å². The number of hydrogen-bond donors (Lipinski definition) is 6. The number of urea groups is 2. The number of hydrogen-bond acceptors (Lipinski definition) is 7. The Labute approximate surface area is 286 Å². The first-order valence-corrected chi connectivity index (χ1v) is 18.3. The number of benzene rings is 2. The molecule has 0 saturated carbocycles. The molecule has 4 amide bonds. The highest BCUT2D eigenvalue weighted by Crippen LogP contribution is 2.49. The summed E-state index contributed by atoms with van der Waals surface area (Å²) in [5.41, 5.74) is 3.52. The summed E-state index contributed by atoms with van der Waals surface area (Å²) < 4.78 is 68.8. The standard InChI is InChI=1S/C33H40N6O8S2/c1-32(2)24-18-22(36-30(40)34-5)14-16-26(24)38(20-48(42,43)44)28(32)12-10-8-7-9-11-13-29-33(3,4)25-19-23(37-31(41)35-6)15-17-27(25)39(29)21-49(45,46)47/h7-19H,20-21H2,1-6H3,(H5-,34,35,36,37,40,41,42,43,44,45,46,47)/p+1. The molecule has 2 aliphatic rings. The maximum Gasteiger partial charge on any atom is 0.326 e. The van der Waals surface area contributed by atoms with Crippen molar-refractivity contribution in [1.29, 1.82) is 0 Å². The number of anilines is 3. The number of fused-ring (bicyclic) bond motifs is 2. The van der Waals surface area contributed by atoms with Crippen LogP contribution in [-0.4, -0.2) is 74.1 Å². The predicted octanol–water partition coefficient (Wildman–Crippen LogP) is 4.61. The van der Waals surface area contributed by atoms with Gasteiger partial charge in [-0.3, -0.25) is 9.11 Å². The van der Waals surface area contributed by atoms with Gasteiger partial charge in [0.05, 0.1) is 5.41 Å². The minimum Gasteiger partial charge on any atom is -0.341 e. The lowest BCUT2D eigenvalue weighted by Gasteiger charge is -2.25. The molecule has 14 nitrogen and oxygen atoms in total. The number of allylic oxidation sites excluding steroid dienone is 8. The molecule has 0 aliphatic carbocycles. The van der Waals surface area contributed by atoms with Crippen LogP contribution in [-0.2, 0) is 31.1 Å². The molecule has 2 aliphatic heterocycles. The van der Waals surface area contributed by atoms with E-state index in [1.54, 1.807) is 78.9 Å². The minimum absolute atomic E-state index is 0.403. The van der Waals surface area contributed by atoms with Gasteiger partial charge in [0.2, 0.25) is 5.69 Å². The van der Waals surface area contributed by atoms with Crippen LogP contribution in [0.5, 0.6) is 0 Å². The van der Waals surface area contributed by atoms with Gasteiger partial charge in [0, 0.05) is 60.0 Å². The highest BCUT2D eigenvalue weighted by molar-refractivity contribution is 7.86. The molecule has 2 aromatic carbocycles. The van der Waals surface area contributed by atoms with Gasteiger partial charge in [-0.1, -0.05) is 44.2 Å². The Morgan fingerprint density at radius 3 is 1.90 bits per heavy atom. The van der Waals surface area contributed by atoms with Crippen molar-refractivity contribution in [2.24, 2.45) is 0 Å². The van der Waals surface area contributed by atoms with Crippen molar-refractivity contribution in [1.82, 2.24) is 10.6 Å². The molecule has 4 rings (SSSR count). The molecule has 0 atom stereocenters. The number of amides is 4. The third-order valence-electron chi connectivity index (χ3n) is 8.29. The smallest absolute Gasteiger partial charge is 0.326 e. The Bertz CT molecular complexity index is 2050. The first-order valence-electron chi connectivity index (χ1n) is 15.1. The Morgan fingerprint density at radius 1 is 0.776 bits per heavy atom. The minimum atomic E-state index is -4.39. The van der Waals surface area contributed by atoms with E-state index in [1.165, 1.54) is 23.6 Å². The van der Waals surface area contributed by atoms with Crippen LogP contribution in [0.15, 0.2) is 84.6 Å². The van der Waals surface area contributed by atoms with Crippen molar-refractivity contribution in [2.75, 3.05) is 41.4 Å². The number of carbonyl (C=O) groups is 2. The zero-order chi connectivity index (χ0) is 36.4. The van der Waals surface area contributed by atoms with E-state index in [-0.39, 0.29) is 0 Å². The summed E-state index contributed by atoms with van der Waals surface area (Å²) in [6, 6.07) is 9.40. The topological polar surface area (TPSA) is 197 Å². The molecule has 0 bridgehead atoms. The Kier molecular flexibility index (Phi) is 10.6. The molecule has 2 aromatic rings. The summed E-state index contributed by atoms with van der Waals surface area (Å²) >= 11 is 0. The lowest BCUT2D eigenvalue weighted by atomic mass is 9.81. The van der Waals surface area contributed by atoms with Gasteiger partial charge in [0.1, 0.15) is 0 Å². The second kappa shape index (κ2) is 14.0. The number of rotatable bonds is 10. The van der Waals surface area contributed by atoms with Gasteiger partial charge in [-0.05, 0) is 55.8 Å². The Hall–Kier alpha value is -4.77. The van der Waals surface area contributed by atoms with Crippen LogP contribution in [0.25, 0.3) is 0 Å². The van der Waals surface area contributed by atoms with Gasteiger partial charge in [0.15, 0.2) is 11.6 Å². The van der Waals surface area contributed by atoms with E-state index in [0.29, 0.717) is 34.2 Å². The fourth-order valence-electron chi connectivity index (χ4n) is 5.98. The highest BCUT2D eigenvalue weighted by Gasteiger charge is 2.46. The molecule has 0 fully saturated rings. The monoisotopic (exact) mass is 713 g/mol. The van der Waals surface area contributed by atoms with E-state index < -0.39 is 54.9 Å². The highest BCUT2D eigenvalue weighted by atomic mass is 32.2. The molecule has 262 valence electrons. The summed E-state index contributed by atoms with van der Waals surface area (Å²) in [6.07, 6.45) is 12.1. The Balaban J connectivity index is 1.61. The van der Waals surface area contributed by atoms with Crippen LogP contribution in [0.3, 0.4) is 0 Å². The number of nitrogens with zero attached hydrogens (tertiary/aromatic N) is 2. The molecule has 16 heteroatoms. The van der Waals surface area contributed by atoms with Crippen molar-refractivity contribution in [3.63, 3.8) is 0 Å². The third-order valence-corrected chi connectivity index (χ3v) is 9.46. The first kappa shape index (κ1) is 37.1. The van der Waals surface area contributed by atoms with Gasteiger partial charge in [0.25, 0.3) is 16.0 Å². The van der Waals surface area contributed by atoms with Gasteiger partial charge >= 0.3 is 22.2 Å². The van der Waals surface area contributed by atoms with Gasteiger partial charge in [-0.25, -0.2) is 9.59 Å². The van der Waals surface area contributed by atoms with Crippen LogP contribution in [0, 0.1) is 0 Å². The molecule has 2 heterocycles. The van der Waals surface area contributed by atoms with Gasteiger partial charge < -0.3 is 26.2 Å². The third kappa shape index (κ3) is 8.45. The van der Waals surface area contributed by atoms with E-state index in [0.717, 1.165) is 11.1 Å². The van der Waals surface area contributed by atoms with Crippen molar-refractivity contribution in [2.45, 2.75) is 38.5 Å². The van der Waals surface area contributed by atoms with E-state index in [2.05, 4.69) is 21.3 Å². The molecule has 0 saturated heterocycles. The quantitative estimate of drug-likeness (QED) is 0.116. The molecule has 6 N–H and O–H groups in total. The Morgan fingerprint density at radius 2 is 1.33 bits per heavy atom.